The molecule has 3 N–H and O–H groups in total. The number of nitrogens with one attached hydrogen (secondary N) is 3. The zero-order valence-corrected chi connectivity index (χ0v) is 27.3. The van der Waals surface area contributed by atoms with Crippen LogP contribution in [0.3, 0.4) is 0 Å². The lowest BCUT2D eigenvalue weighted by Gasteiger charge is -2.28. The van der Waals surface area contributed by atoms with Crippen LogP contribution in [0, 0.1) is 5.92 Å². The highest BCUT2D eigenvalue weighted by Crippen LogP contribution is 2.22. The van der Waals surface area contributed by atoms with Crippen LogP contribution in [-0.4, -0.2) is 29.4 Å². The van der Waals surface area contributed by atoms with Gasteiger partial charge in [-0.25, -0.2) is 0 Å². The summed E-state index contributed by atoms with van der Waals surface area (Å²) < 4.78 is 5.93. The van der Waals surface area contributed by atoms with Crippen molar-refractivity contribution < 1.29 is 14.3 Å². The number of rotatable bonds is 13. The largest absolute Gasteiger partial charge is 0.489 e. The molecule has 0 aliphatic heterocycles. The average Bonchev–Trinajstić information content (AvgIpc) is 2.93. The summed E-state index contributed by atoms with van der Waals surface area (Å²) in [6.07, 6.45) is 1.03. The van der Waals surface area contributed by atoms with Crippen molar-refractivity contribution in [1.29, 1.82) is 0 Å². The maximum atomic E-state index is 13.7. The Hall–Kier alpha value is -3.64. The maximum Gasteiger partial charge on any atom is 0.243 e. The summed E-state index contributed by atoms with van der Waals surface area (Å²) in [5.74, 6) is 0.684. The van der Waals surface area contributed by atoms with Crippen LogP contribution >= 0.6 is 0 Å². The van der Waals surface area contributed by atoms with Crippen molar-refractivity contribution in [3.8, 4) is 5.75 Å². The Bertz CT molecular complexity index is 1290. The predicted octanol–water partition coefficient (Wildman–Crippen LogP) is 6.71. The molecule has 0 aliphatic rings. The molecule has 3 rings (SSSR count). The summed E-state index contributed by atoms with van der Waals surface area (Å²) in [5.41, 5.74) is 4.09. The van der Waals surface area contributed by atoms with E-state index in [1.54, 1.807) is 0 Å². The van der Waals surface area contributed by atoms with Crippen molar-refractivity contribution in [2.24, 2.45) is 5.92 Å². The molecule has 2 atom stereocenters. The Balaban J connectivity index is 1.70. The van der Waals surface area contributed by atoms with Crippen molar-refractivity contribution in [1.82, 2.24) is 16.0 Å². The van der Waals surface area contributed by atoms with Crippen molar-refractivity contribution >= 4 is 11.8 Å². The normalized spacial score (nSPS) is 13.3. The van der Waals surface area contributed by atoms with Crippen LogP contribution in [0.15, 0.2) is 78.9 Å². The summed E-state index contributed by atoms with van der Waals surface area (Å²) >= 11 is 0. The van der Waals surface area contributed by atoms with Gasteiger partial charge in [0.05, 0.1) is 6.04 Å². The third kappa shape index (κ3) is 11.9. The molecule has 0 radical (unpaired) electrons. The van der Waals surface area contributed by atoms with Crippen LogP contribution in [0.2, 0.25) is 0 Å². The Morgan fingerprint density at radius 1 is 0.721 bits per heavy atom. The molecule has 232 valence electrons. The van der Waals surface area contributed by atoms with Crippen molar-refractivity contribution in [3.63, 3.8) is 0 Å². The molecule has 0 heterocycles. The number of carbonyl (C=O) groups excluding carboxylic acids is 2. The molecule has 3 aromatic rings. The number of carbonyl (C=O) groups is 2. The molecule has 0 aromatic heterocycles. The van der Waals surface area contributed by atoms with Crippen LogP contribution in [0.5, 0.6) is 5.75 Å². The van der Waals surface area contributed by atoms with Gasteiger partial charge in [-0.3, -0.25) is 9.59 Å². The third-order valence-corrected chi connectivity index (χ3v) is 7.14. The van der Waals surface area contributed by atoms with E-state index in [0.717, 1.165) is 22.4 Å². The molecular formula is C37H51N3O3. The van der Waals surface area contributed by atoms with E-state index in [4.69, 9.17) is 4.74 Å². The second kappa shape index (κ2) is 15.2. The van der Waals surface area contributed by atoms with Crippen molar-refractivity contribution in [3.05, 3.63) is 101 Å². The topological polar surface area (TPSA) is 79.5 Å². The zero-order valence-electron chi connectivity index (χ0n) is 27.3. The van der Waals surface area contributed by atoms with Gasteiger partial charge >= 0.3 is 0 Å². The zero-order chi connectivity index (χ0) is 31.6. The first-order chi connectivity index (χ1) is 20.2. The van der Waals surface area contributed by atoms with Gasteiger partial charge < -0.3 is 20.7 Å². The minimum Gasteiger partial charge on any atom is -0.489 e. The highest BCUT2D eigenvalue weighted by Gasteiger charge is 2.28. The quantitative estimate of drug-likeness (QED) is 0.208. The van der Waals surface area contributed by atoms with E-state index in [-0.39, 0.29) is 17.2 Å². The third-order valence-electron chi connectivity index (χ3n) is 7.14. The number of amides is 2. The first-order valence-electron chi connectivity index (χ1n) is 15.4. The van der Waals surface area contributed by atoms with E-state index in [2.05, 4.69) is 74.8 Å². The first kappa shape index (κ1) is 33.9. The summed E-state index contributed by atoms with van der Waals surface area (Å²) in [7, 11) is 0. The van der Waals surface area contributed by atoms with E-state index < -0.39 is 17.6 Å². The molecule has 43 heavy (non-hydrogen) atoms. The van der Waals surface area contributed by atoms with Crippen LogP contribution in [0.4, 0.5) is 0 Å². The smallest absolute Gasteiger partial charge is 0.243 e. The van der Waals surface area contributed by atoms with E-state index in [1.165, 1.54) is 5.56 Å². The second-order valence-corrected chi connectivity index (χ2v) is 13.9. The Labute approximate surface area is 259 Å². The van der Waals surface area contributed by atoms with Gasteiger partial charge in [-0.2, -0.15) is 0 Å². The molecule has 0 saturated carbocycles. The fourth-order valence-electron chi connectivity index (χ4n) is 4.75. The Kier molecular flexibility index (Phi) is 12.0. The molecular weight excluding hydrogens is 534 g/mol. The van der Waals surface area contributed by atoms with Crippen molar-refractivity contribution in [2.75, 3.05) is 0 Å². The van der Waals surface area contributed by atoms with Gasteiger partial charge in [0.2, 0.25) is 11.8 Å². The van der Waals surface area contributed by atoms with Crippen LogP contribution in [-0.2, 0) is 34.6 Å². The molecule has 2 unspecified atom stereocenters. The summed E-state index contributed by atoms with van der Waals surface area (Å²) in [6.45, 7) is 17.7. The lowest BCUT2D eigenvalue weighted by molar-refractivity contribution is -0.131. The van der Waals surface area contributed by atoms with E-state index in [1.807, 2.05) is 75.4 Å². The van der Waals surface area contributed by atoms with Gasteiger partial charge in [0.25, 0.3) is 0 Å². The van der Waals surface area contributed by atoms with Crippen LogP contribution in [0.25, 0.3) is 0 Å². The monoisotopic (exact) mass is 585 g/mol. The molecule has 3 aromatic carbocycles. The highest BCUT2D eigenvalue weighted by molar-refractivity contribution is 5.90. The van der Waals surface area contributed by atoms with Gasteiger partial charge in [0.1, 0.15) is 18.4 Å². The minimum atomic E-state index is -0.717. The van der Waals surface area contributed by atoms with Gasteiger partial charge in [0.15, 0.2) is 0 Å². The molecule has 0 spiro atoms. The first-order valence-corrected chi connectivity index (χ1v) is 15.4. The summed E-state index contributed by atoms with van der Waals surface area (Å²) in [6, 6.07) is 25.1. The maximum absolute atomic E-state index is 13.7. The Morgan fingerprint density at radius 2 is 1.33 bits per heavy atom. The van der Waals surface area contributed by atoms with Gasteiger partial charge in [0, 0.05) is 18.5 Å². The second-order valence-electron chi connectivity index (χ2n) is 13.9. The van der Waals surface area contributed by atoms with Crippen LogP contribution in [0.1, 0.15) is 84.1 Å². The van der Waals surface area contributed by atoms with E-state index in [9.17, 15) is 9.59 Å². The molecule has 6 nitrogen and oxygen atoms in total. The predicted molar refractivity (Wildman–Crippen MR) is 176 cm³/mol. The standard InChI is InChI=1S/C37H51N3O3/c1-26(2)22-32(38-24-28-14-18-30(19-15-28)36(3,4)5)34(41)39-33(35(42)40-37(6,7)8)23-27-16-20-31(21-17-27)43-25-29-12-10-9-11-13-29/h9-21,26,32-33,38H,22-25H2,1-8H3,(H,39,41)(H,40,42). The minimum absolute atomic E-state index is 0.0875. The number of ether oxygens (including phenoxy) is 1. The van der Waals surface area contributed by atoms with Gasteiger partial charge in [-0.05, 0) is 72.9 Å². The Morgan fingerprint density at radius 3 is 1.88 bits per heavy atom. The molecule has 6 heteroatoms. The molecule has 0 aliphatic carbocycles. The van der Waals surface area contributed by atoms with E-state index in [0.29, 0.717) is 31.9 Å². The molecule has 2 amide bonds. The lowest BCUT2D eigenvalue weighted by atomic mass is 9.87. The number of hydrogen-bond acceptors (Lipinski definition) is 4. The van der Waals surface area contributed by atoms with Crippen LogP contribution < -0.4 is 20.7 Å². The lowest BCUT2D eigenvalue weighted by Crippen LogP contribution is -2.56. The molecule has 0 fully saturated rings. The van der Waals surface area contributed by atoms with Gasteiger partial charge in [-0.15, -0.1) is 0 Å². The van der Waals surface area contributed by atoms with Crippen molar-refractivity contribution in [2.45, 2.75) is 104 Å². The number of benzene rings is 3. The van der Waals surface area contributed by atoms with Gasteiger partial charge in [-0.1, -0.05) is 101 Å². The average molecular weight is 586 g/mol. The summed E-state index contributed by atoms with van der Waals surface area (Å²) in [5, 5.41) is 9.58. The molecule has 0 bridgehead atoms. The highest BCUT2D eigenvalue weighted by atomic mass is 16.5. The molecule has 0 saturated heterocycles. The summed E-state index contributed by atoms with van der Waals surface area (Å²) in [4.78, 5) is 27.0. The number of hydrogen-bond donors (Lipinski definition) is 3. The fraction of sp³-hybridized carbons (Fsp3) is 0.459. The fourth-order valence-corrected chi connectivity index (χ4v) is 4.75. The SMILES string of the molecule is CC(C)CC(NCc1ccc(C(C)(C)C)cc1)C(=O)NC(Cc1ccc(OCc2ccccc2)cc1)C(=O)NC(C)(C)C. The van der Waals surface area contributed by atoms with E-state index >= 15 is 0 Å².